The summed E-state index contributed by atoms with van der Waals surface area (Å²) in [6, 6.07) is 8.43. The number of para-hydroxylation sites is 1. The normalized spacial score (nSPS) is 19.2. The second-order valence-electron chi connectivity index (χ2n) is 7.19. The Kier molecular flexibility index (Phi) is 2.94. The predicted molar refractivity (Wildman–Crippen MR) is 81.7 cm³/mol. The van der Waals surface area contributed by atoms with Crippen LogP contribution >= 0.6 is 0 Å². The molecule has 1 aliphatic rings. The van der Waals surface area contributed by atoms with E-state index in [1.807, 2.05) is 0 Å². The van der Waals surface area contributed by atoms with E-state index >= 15 is 0 Å². The summed E-state index contributed by atoms with van der Waals surface area (Å²) in [4.78, 5) is 5.76. The molecule has 3 heteroatoms. The lowest BCUT2D eigenvalue weighted by Gasteiger charge is -2.44. The van der Waals surface area contributed by atoms with Crippen molar-refractivity contribution >= 4 is 10.9 Å². The number of nitrogens with zero attached hydrogens (tertiary/aromatic N) is 1. The smallest absolute Gasteiger partial charge is 0.118 e. The summed E-state index contributed by atoms with van der Waals surface area (Å²) in [5, 5.41) is 1.31. The van der Waals surface area contributed by atoms with Gasteiger partial charge in [-0.25, -0.2) is 4.39 Å². The molecule has 0 saturated heterocycles. The maximum atomic E-state index is 14.0. The van der Waals surface area contributed by atoms with Crippen molar-refractivity contribution < 1.29 is 4.39 Å². The summed E-state index contributed by atoms with van der Waals surface area (Å²) in [5.74, 6) is 0. The molecule has 1 aromatic heterocycles. The molecule has 0 atom stereocenters. The minimum Gasteiger partial charge on any atom is -0.357 e. The van der Waals surface area contributed by atoms with E-state index in [-0.39, 0.29) is 5.54 Å². The van der Waals surface area contributed by atoms with E-state index < -0.39 is 5.67 Å². The highest BCUT2D eigenvalue weighted by molar-refractivity contribution is 5.85. The van der Waals surface area contributed by atoms with E-state index in [9.17, 15) is 4.39 Å². The van der Waals surface area contributed by atoms with Gasteiger partial charge in [0.1, 0.15) is 5.67 Å². The Morgan fingerprint density at radius 3 is 2.70 bits per heavy atom. The zero-order chi connectivity index (χ0) is 14.5. The molecule has 3 rings (SSSR count). The van der Waals surface area contributed by atoms with E-state index in [4.69, 9.17) is 0 Å². The zero-order valence-electron chi connectivity index (χ0n) is 12.8. The summed E-state index contributed by atoms with van der Waals surface area (Å²) in [5.41, 5.74) is 2.66. The van der Waals surface area contributed by atoms with Gasteiger partial charge in [-0.05, 0) is 45.7 Å². The first-order valence-electron chi connectivity index (χ1n) is 7.29. The van der Waals surface area contributed by atoms with Gasteiger partial charge in [-0.2, -0.15) is 0 Å². The first-order chi connectivity index (χ1) is 9.26. The van der Waals surface area contributed by atoms with Crippen molar-refractivity contribution in [3.8, 4) is 0 Å². The minimum atomic E-state index is -1.17. The molecule has 2 nitrogen and oxygen atoms in total. The maximum absolute atomic E-state index is 14.0. The number of nitrogens with one attached hydrogen (secondary N) is 1. The van der Waals surface area contributed by atoms with Crippen LogP contribution in [0.1, 0.15) is 39.0 Å². The molecule has 20 heavy (non-hydrogen) atoms. The van der Waals surface area contributed by atoms with E-state index in [1.54, 1.807) is 13.8 Å². The van der Waals surface area contributed by atoms with Crippen molar-refractivity contribution in [3.63, 3.8) is 0 Å². The predicted octanol–water partition coefficient (Wildman–Crippen LogP) is 4.05. The number of halogens is 1. The third-order valence-corrected chi connectivity index (χ3v) is 4.28. The minimum absolute atomic E-state index is 0.0126. The standard InChI is InChI=1S/C17H23FN2/c1-16(2,18)11-20-10-15-13(9-17(20,3)4)12-7-5-6-8-14(12)19-15/h5-8,19H,9-11H2,1-4H3. The van der Waals surface area contributed by atoms with E-state index in [2.05, 4.69) is 48.0 Å². The van der Waals surface area contributed by atoms with Crippen LogP contribution < -0.4 is 0 Å². The van der Waals surface area contributed by atoms with Gasteiger partial charge in [0.25, 0.3) is 0 Å². The van der Waals surface area contributed by atoms with Gasteiger partial charge in [-0.15, -0.1) is 0 Å². The van der Waals surface area contributed by atoms with Crippen LogP contribution in [0.4, 0.5) is 4.39 Å². The summed E-state index contributed by atoms with van der Waals surface area (Å²) < 4.78 is 14.0. The lowest BCUT2D eigenvalue weighted by atomic mass is 9.86. The highest BCUT2D eigenvalue weighted by Gasteiger charge is 2.37. The van der Waals surface area contributed by atoms with E-state index in [1.165, 1.54) is 22.2 Å². The number of rotatable bonds is 2. The molecule has 0 unspecified atom stereocenters. The van der Waals surface area contributed by atoms with Crippen LogP contribution in [0.5, 0.6) is 0 Å². The fourth-order valence-electron chi connectivity index (χ4n) is 3.27. The van der Waals surface area contributed by atoms with Crippen LogP contribution in [0.2, 0.25) is 0 Å². The summed E-state index contributed by atoms with van der Waals surface area (Å²) >= 11 is 0. The van der Waals surface area contributed by atoms with Crippen LogP contribution in [0.25, 0.3) is 10.9 Å². The molecule has 0 radical (unpaired) electrons. The van der Waals surface area contributed by atoms with Gasteiger partial charge in [-0.1, -0.05) is 18.2 Å². The Morgan fingerprint density at radius 2 is 2.00 bits per heavy atom. The van der Waals surface area contributed by atoms with Gasteiger partial charge in [-0.3, -0.25) is 4.90 Å². The van der Waals surface area contributed by atoms with Crippen molar-refractivity contribution in [2.75, 3.05) is 6.54 Å². The van der Waals surface area contributed by atoms with Crippen LogP contribution in [0.3, 0.4) is 0 Å². The van der Waals surface area contributed by atoms with Crippen LogP contribution in [0, 0.1) is 0 Å². The first-order valence-corrected chi connectivity index (χ1v) is 7.29. The van der Waals surface area contributed by atoms with Crippen molar-refractivity contribution in [2.45, 2.75) is 51.9 Å². The molecular formula is C17H23FN2. The fourth-order valence-corrected chi connectivity index (χ4v) is 3.27. The maximum Gasteiger partial charge on any atom is 0.118 e. The summed E-state index contributed by atoms with van der Waals surface area (Å²) in [6.07, 6.45) is 0.961. The first kappa shape index (κ1) is 13.6. The number of alkyl halides is 1. The average molecular weight is 274 g/mol. The van der Waals surface area contributed by atoms with Crippen LogP contribution in [-0.2, 0) is 13.0 Å². The number of H-pyrrole nitrogens is 1. The lowest BCUT2D eigenvalue weighted by molar-refractivity contribution is 0.0358. The SMILES string of the molecule is CC(C)(F)CN1Cc2[nH]c3ccccc3c2CC1(C)C. The van der Waals surface area contributed by atoms with Crippen molar-refractivity contribution in [1.29, 1.82) is 0 Å². The Hall–Kier alpha value is -1.35. The molecule has 1 aromatic carbocycles. The van der Waals surface area contributed by atoms with E-state index in [0.717, 1.165) is 13.0 Å². The van der Waals surface area contributed by atoms with Crippen molar-refractivity contribution in [2.24, 2.45) is 0 Å². The molecule has 0 fully saturated rings. The topological polar surface area (TPSA) is 19.0 Å². The summed E-state index contributed by atoms with van der Waals surface area (Å²) in [6.45, 7) is 9.00. The number of benzene rings is 1. The highest BCUT2D eigenvalue weighted by Crippen LogP contribution is 2.36. The molecule has 1 aliphatic heterocycles. The van der Waals surface area contributed by atoms with Gasteiger partial charge in [0.15, 0.2) is 0 Å². The Balaban J connectivity index is 2.01. The molecule has 108 valence electrons. The number of hydrogen-bond donors (Lipinski definition) is 1. The van der Waals surface area contributed by atoms with Gasteiger partial charge < -0.3 is 4.98 Å². The Labute approximate surface area is 120 Å². The second-order valence-corrected chi connectivity index (χ2v) is 7.19. The van der Waals surface area contributed by atoms with Gasteiger partial charge in [0.05, 0.1) is 0 Å². The molecule has 0 saturated carbocycles. The number of fused-ring (bicyclic) bond motifs is 3. The monoisotopic (exact) mass is 274 g/mol. The molecule has 2 heterocycles. The zero-order valence-corrected chi connectivity index (χ0v) is 12.8. The van der Waals surface area contributed by atoms with Gasteiger partial charge in [0.2, 0.25) is 0 Å². The molecule has 2 aromatic rings. The quantitative estimate of drug-likeness (QED) is 0.875. The third kappa shape index (κ3) is 2.35. The molecule has 0 aliphatic carbocycles. The Morgan fingerprint density at radius 1 is 1.30 bits per heavy atom. The lowest BCUT2D eigenvalue weighted by Crippen LogP contribution is -2.52. The highest BCUT2D eigenvalue weighted by atomic mass is 19.1. The number of aromatic nitrogens is 1. The average Bonchev–Trinajstić information content (AvgIpc) is 2.65. The van der Waals surface area contributed by atoms with Gasteiger partial charge >= 0.3 is 0 Å². The molecule has 0 bridgehead atoms. The molecule has 1 N–H and O–H groups in total. The fraction of sp³-hybridized carbons (Fsp3) is 0.529. The number of aromatic amines is 1. The van der Waals surface area contributed by atoms with E-state index in [0.29, 0.717) is 6.54 Å². The molecule has 0 amide bonds. The largest absolute Gasteiger partial charge is 0.357 e. The van der Waals surface area contributed by atoms with Crippen molar-refractivity contribution in [3.05, 3.63) is 35.5 Å². The third-order valence-electron chi connectivity index (χ3n) is 4.28. The molecule has 0 spiro atoms. The summed E-state index contributed by atoms with van der Waals surface area (Å²) in [7, 11) is 0. The molecular weight excluding hydrogens is 251 g/mol. The van der Waals surface area contributed by atoms with Gasteiger partial charge in [0, 0.05) is 35.2 Å². The number of hydrogen-bond acceptors (Lipinski definition) is 1. The van der Waals surface area contributed by atoms with Crippen molar-refractivity contribution in [1.82, 2.24) is 9.88 Å². The second kappa shape index (κ2) is 4.32. The van der Waals surface area contributed by atoms with Crippen LogP contribution in [0.15, 0.2) is 24.3 Å². The van der Waals surface area contributed by atoms with Crippen LogP contribution in [-0.4, -0.2) is 27.6 Å². The Bertz CT molecular complexity index is 634.